The first-order chi connectivity index (χ1) is 20.4. The predicted molar refractivity (Wildman–Crippen MR) is 172 cm³/mol. The molecule has 2 nitrogen and oxygen atoms in total. The zero-order chi connectivity index (χ0) is 28.1. The van der Waals surface area contributed by atoms with Gasteiger partial charge in [0.1, 0.15) is 0 Å². The van der Waals surface area contributed by atoms with Crippen molar-refractivity contribution in [1.82, 2.24) is 9.13 Å². The minimum absolute atomic E-state index is 0.0199. The maximum absolute atomic E-state index is 3.89. The molecule has 5 aromatic rings. The van der Waals surface area contributed by atoms with Crippen molar-refractivity contribution >= 4 is 13.6 Å². The van der Waals surface area contributed by atoms with Crippen LogP contribution in [0.4, 0.5) is 0 Å². The zero-order valence-electron chi connectivity index (χ0n) is 23.1. The van der Waals surface area contributed by atoms with Gasteiger partial charge in [-0.05, 0) is 25.7 Å². The van der Waals surface area contributed by atoms with Crippen molar-refractivity contribution in [3.63, 3.8) is 0 Å². The van der Waals surface area contributed by atoms with Crippen molar-refractivity contribution in [3.05, 3.63) is 184 Å². The number of imidazole rings is 1. The summed E-state index contributed by atoms with van der Waals surface area (Å²) in [6.45, 7) is 0. The fourth-order valence-corrected chi connectivity index (χ4v) is 7.86. The Labute approximate surface area is 258 Å². The number of nitrogens with zero attached hydrogens (tertiary/aromatic N) is 2. The van der Waals surface area contributed by atoms with Gasteiger partial charge in [-0.2, -0.15) is 0 Å². The Morgan fingerprint density at radius 3 is 0.951 bits per heavy atom. The zero-order valence-corrected chi connectivity index (χ0v) is 26.3. The summed E-state index contributed by atoms with van der Waals surface area (Å²) >= 11 is 3.91. The Morgan fingerprint density at radius 1 is 0.439 bits per heavy atom. The molecule has 0 bridgehead atoms. The van der Waals surface area contributed by atoms with E-state index in [9.17, 15) is 0 Å². The predicted octanol–water partition coefficient (Wildman–Crippen LogP) is 10.2. The molecule has 0 spiro atoms. The second-order valence-electron chi connectivity index (χ2n) is 9.97. The van der Waals surface area contributed by atoms with Crippen LogP contribution >= 0.6 is 13.6 Å². The number of halogens is 1. The number of hydrogen-bond acceptors (Lipinski definition) is 0. The van der Waals surface area contributed by atoms with Crippen LogP contribution in [0, 0.1) is 4.01 Å². The van der Waals surface area contributed by atoms with Gasteiger partial charge in [-0.3, -0.25) is 0 Å². The van der Waals surface area contributed by atoms with E-state index in [2.05, 4.69) is 181 Å². The van der Waals surface area contributed by atoms with Gasteiger partial charge in [-0.15, -0.1) is 0 Å². The van der Waals surface area contributed by atoms with Gasteiger partial charge in [-0.25, -0.2) is 0 Å². The molecular formula is C37H36BrN2Rh. The molecule has 210 valence electrons. The second kappa shape index (κ2) is 15.6. The summed E-state index contributed by atoms with van der Waals surface area (Å²) in [4.78, 5) is 0. The second-order valence-corrected chi connectivity index (χ2v) is 12.6. The monoisotopic (exact) mass is 690 g/mol. The van der Waals surface area contributed by atoms with Gasteiger partial charge in [-0.1, -0.05) is 24.3 Å². The van der Waals surface area contributed by atoms with Crippen LogP contribution < -0.4 is 0 Å². The van der Waals surface area contributed by atoms with Gasteiger partial charge in [0, 0.05) is 0 Å². The minimum atomic E-state index is 0.0199. The summed E-state index contributed by atoms with van der Waals surface area (Å²) in [5.41, 5.74) is 5.12. The average molecular weight is 692 g/mol. The Hall–Kier alpha value is -3.33. The molecule has 0 N–H and O–H groups in total. The molecule has 0 atom stereocenters. The van der Waals surface area contributed by atoms with Crippen molar-refractivity contribution in [2.24, 2.45) is 0 Å². The molecule has 0 radical (unpaired) electrons. The van der Waals surface area contributed by atoms with Crippen LogP contribution in [-0.4, -0.2) is 9.13 Å². The Bertz CT molecular complexity index is 1380. The Balaban J connectivity index is 0.000000365. The number of rotatable bonds is 6. The van der Waals surface area contributed by atoms with E-state index >= 15 is 0 Å². The quantitative estimate of drug-likeness (QED) is 0.124. The van der Waals surface area contributed by atoms with Crippen LogP contribution in [0.2, 0.25) is 0 Å². The topological polar surface area (TPSA) is 9.86 Å². The molecule has 0 fully saturated rings. The van der Waals surface area contributed by atoms with Crippen molar-refractivity contribution in [1.29, 1.82) is 0 Å². The molecule has 1 heterocycles. The van der Waals surface area contributed by atoms with Gasteiger partial charge >= 0.3 is 210 Å². The van der Waals surface area contributed by atoms with E-state index in [1.165, 1.54) is 52.0 Å². The molecule has 1 aliphatic carbocycles. The summed E-state index contributed by atoms with van der Waals surface area (Å²) in [7, 11) is 0. The van der Waals surface area contributed by atoms with Gasteiger partial charge in [0.2, 0.25) is 0 Å². The molecule has 41 heavy (non-hydrogen) atoms. The molecule has 4 aromatic carbocycles. The van der Waals surface area contributed by atoms with Crippen LogP contribution in [0.5, 0.6) is 0 Å². The van der Waals surface area contributed by atoms with Crippen molar-refractivity contribution in [2.75, 3.05) is 0 Å². The first-order valence-corrected chi connectivity index (χ1v) is 18.8. The molecule has 1 aromatic heterocycles. The standard InChI is InChI=1S/C29H24N2.C8H12.BrH.Rh/c1-5-13-24(14-6-1)28(25-15-7-2-8-16-25)30-21-22-31(23-30)29(26-17-9-3-10-18-26)27-19-11-4-12-20-27;1-2-4-6-8-7-5-3-1;;/h1-22,28-29H;1-2,7-8H,3-6H2;1H;/q;;;+1/p-1/b;2-1-,8-7-;;. The normalized spacial score (nSPS) is 14.6. The van der Waals surface area contributed by atoms with E-state index in [4.69, 9.17) is 0 Å². The summed E-state index contributed by atoms with van der Waals surface area (Å²) in [5, 5.41) is 0. The Kier molecular flexibility index (Phi) is 11.1. The molecular weight excluding hydrogens is 655 g/mol. The van der Waals surface area contributed by atoms with Gasteiger partial charge in [0.15, 0.2) is 0 Å². The van der Waals surface area contributed by atoms with Gasteiger partial charge in [0.05, 0.1) is 0 Å². The third kappa shape index (κ3) is 7.70. The fraction of sp³-hybridized carbons (Fsp3) is 0.162. The Morgan fingerprint density at radius 2 is 0.707 bits per heavy atom. The third-order valence-corrected chi connectivity index (χ3v) is 9.72. The molecule has 0 unspecified atom stereocenters. The molecule has 0 saturated heterocycles. The van der Waals surface area contributed by atoms with Crippen molar-refractivity contribution in [3.8, 4) is 0 Å². The van der Waals surface area contributed by atoms with E-state index in [0.29, 0.717) is 0 Å². The first kappa shape index (κ1) is 29.2. The number of hydrogen-bond donors (Lipinski definition) is 0. The molecule has 4 heteroatoms. The maximum atomic E-state index is 3.89. The SMILES string of the molecule is C1=C\CC/C=C\CC/1.[Br][Rh]=[c]1n(C(c2ccccc2)c2ccccc2)ccn1C(c1ccccc1)c1ccccc1. The molecule has 0 amide bonds. The number of benzene rings is 4. The van der Waals surface area contributed by atoms with Crippen molar-refractivity contribution in [2.45, 2.75) is 37.8 Å². The molecule has 6 rings (SSSR count). The molecule has 1 aliphatic rings. The van der Waals surface area contributed by atoms with Gasteiger partial charge in [0.25, 0.3) is 0 Å². The summed E-state index contributed by atoms with van der Waals surface area (Å²) in [6, 6.07) is 43.3. The van der Waals surface area contributed by atoms with Crippen LogP contribution in [-0.2, 0) is 14.7 Å². The van der Waals surface area contributed by atoms with Crippen LogP contribution in [0.3, 0.4) is 0 Å². The van der Waals surface area contributed by atoms with E-state index in [0.717, 1.165) is 0 Å². The molecule has 0 aliphatic heterocycles. The van der Waals surface area contributed by atoms with Crippen LogP contribution in [0.15, 0.2) is 158 Å². The molecule has 0 saturated carbocycles. The van der Waals surface area contributed by atoms with Crippen LogP contribution in [0.1, 0.15) is 60.0 Å². The summed E-state index contributed by atoms with van der Waals surface area (Å²) in [6.07, 6.45) is 18.5. The third-order valence-electron chi connectivity index (χ3n) is 7.20. The van der Waals surface area contributed by atoms with Crippen LogP contribution in [0.25, 0.3) is 0 Å². The van der Waals surface area contributed by atoms with E-state index < -0.39 is 0 Å². The average Bonchev–Trinajstić information content (AvgIpc) is 3.42. The van der Waals surface area contributed by atoms with Gasteiger partial charge < -0.3 is 0 Å². The number of aromatic nitrogens is 2. The van der Waals surface area contributed by atoms with E-state index in [1.807, 2.05) is 0 Å². The summed E-state index contributed by atoms with van der Waals surface area (Å²) < 4.78 is 6.15. The number of allylic oxidation sites excluding steroid dienone is 4. The first-order valence-electron chi connectivity index (χ1n) is 14.2. The van der Waals surface area contributed by atoms with Crippen molar-refractivity contribution < 1.29 is 14.7 Å². The van der Waals surface area contributed by atoms with E-state index in [-0.39, 0.29) is 26.8 Å². The summed E-state index contributed by atoms with van der Waals surface area (Å²) in [5.74, 6) is 0. The van der Waals surface area contributed by atoms with E-state index in [1.54, 1.807) is 0 Å². The fourth-order valence-electron chi connectivity index (χ4n) is 5.26.